The summed E-state index contributed by atoms with van der Waals surface area (Å²) in [5.41, 5.74) is 0.657. The zero-order valence-corrected chi connectivity index (χ0v) is 15.4. The fraction of sp³-hybridized carbons (Fsp3) is 0.389. The van der Waals surface area contributed by atoms with E-state index in [2.05, 4.69) is 0 Å². The Hall–Kier alpha value is -2.41. The molecule has 0 saturated heterocycles. The Kier molecular flexibility index (Phi) is 6.52. The first-order valence-electron chi connectivity index (χ1n) is 7.89. The minimum Gasteiger partial charge on any atom is -0.467 e. The van der Waals surface area contributed by atoms with Crippen LogP contribution in [0.2, 0.25) is 0 Å². The average Bonchev–Trinajstić information content (AvgIpc) is 3.19. The van der Waals surface area contributed by atoms with Gasteiger partial charge in [-0.25, -0.2) is 0 Å². The highest BCUT2D eigenvalue weighted by molar-refractivity contribution is 7.12. The van der Waals surface area contributed by atoms with E-state index in [-0.39, 0.29) is 31.1 Å². The van der Waals surface area contributed by atoms with Gasteiger partial charge in [0, 0.05) is 28.8 Å². The number of aryl methyl sites for hydroxylation is 2. The van der Waals surface area contributed by atoms with E-state index < -0.39 is 5.97 Å². The van der Waals surface area contributed by atoms with Crippen LogP contribution in [-0.4, -0.2) is 36.2 Å². The van der Waals surface area contributed by atoms with Gasteiger partial charge in [-0.2, -0.15) is 0 Å². The van der Waals surface area contributed by atoms with E-state index in [1.165, 1.54) is 11.2 Å². The van der Waals surface area contributed by atoms with Crippen molar-refractivity contribution in [3.8, 4) is 0 Å². The van der Waals surface area contributed by atoms with Gasteiger partial charge in [-0.15, -0.1) is 11.3 Å². The molecule has 0 aliphatic rings. The van der Waals surface area contributed by atoms with Crippen molar-refractivity contribution >= 4 is 29.0 Å². The summed E-state index contributed by atoms with van der Waals surface area (Å²) in [5.74, 6) is -0.327. The Bertz CT molecular complexity index is 748. The molecule has 0 aromatic carbocycles. The third-order valence-electron chi connectivity index (χ3n) is 3.65. The number of Topliss-reactive ketones (excluding diaryl/α,β-unsaturated/α-hetero) is 1. The van der Waals surface area contributed by atoms with Gasteiger partial charge in [-0.3, -0.25) is 14.4 Å². The molecule has 0 atom stereocenters. The smallest absolute Gasteiger partial charge is 0.306 e. The lowest BCUT2D eigenvalue weighted by molar-refractivity contribution is -0.151. The van der Waals surface area contributed by atoms with Crippen molar-refractivity contribution in [3.05, 3.63) is 45.5 Å². The molecular weight excluding hydrogens is 342 g/mol. The lowest BCUT2D eigenvalue weighted by Crippen LogP contribution is -2.30. The van der Waals surface area contributed by atoms with Crippen LogP contribution >= 0.6 is 11.3 Å². The van der Waals surface area contributed by atoms with Gasteiger partial charge >= 0.3 is 5.97 Å². The van der Waals surface area contributed by atoms with E-state index in [0.717, 1.165) is 9.75 Å². The SMILES string of the molecule is Cc1cc(C(=O)CCC(=O)OCC(=O)N(C)Cc2ccco2)c(C)s1. The Morgan fingerprint density at radius 2 is 2.00 bits per heavy atom. The summed E-state index contributed by atoms with van der Waals surface area (Å²) in [6.45, 7) is 3.78. The Morgan fingerprint density at radius 1 is 1.24 bits per heavy atom. The zero-order chi connectivity index (χ0) is 18.4. The van der Waals surface area contributed by atoms with Crippen LogP contribution in [0.5, 0.6) is 0 Å². The van der Waals surface area contributed by atoms with Gasteiger partial charge in [-0.05, 0) is 32.0 Å². The number of ketones is 1. The molecule has 0 radical (unpaired) electrons. The van der Waals surface area contributed by atoms with Gasteiger partial charge in [0.1, 0.15) is 5.76 Å². The Morgan fingerprint density at radius 3 is 2.60 bits per heavy atom. The van der Waals surface area contributed by atoms with Crippen LogP contribution in [0.25, 0.3) is 0 Å². The molecule has 1 amide bonds. The molecule has 2 aromatic rings. The predicted molar refractivity (Wildman–Crippen MR) is 93.5 cm³/mol. The Labute approximate surface area is 150 Å². The molecule has 6 nitrogen and oxygen atoms in total. The molecule has 134 valence electrons. The number of furan rings is 1. The van der Waals surface area contributed by atoms with Crippen molar-refractivity contribution in [1.82, 2.24) is 4.90 Å². The number of rotatable bonds is 8. The van der Waals surface area contributed by atoms with Crippen molar-refractivity contribution in [2.75, 3.05) is 13.7 Å². The van der Waals surface area contributed by atoms with Crippen molar-refractivity contribution in [2.45, 2.75) is 33.2 Å². The number of carbonyl (C=O) groups excluding carboxylic acids is 3. The Balaban J connectivity index is 1.72. The minimum atomic E-state index is -0.558. The average molecular weight is 363 g/mol. The normalized spacial score (nSPS) is 10.5. The zero-order valence-electron chi connectivity index (χ0n) is 14.5. The highest BCUT2D eigenvalue weighted by atomic mass is 32.1. The topological polar surface area (TPSA) is 76.8 Å². The van der Waals surface area contributed by atoms with Gasteiger partial charge in [-0.1, -0.05) is 0 Å². The van der Waals surface area contributed by atoms with Crippen LogP contribution in [0, 0.1) is 13.8 Å². The maximum Gasteiger partial charge on any atom is 0.306 e. The van der Waals surface area contributed by atoms with Gasteiger partial charge < -0.3 is 14.1 Å². The molecule has 2 heterocycles. The van der Waals surface area contributed by atoms with Gasteiger partial charge in [0.25, 0.3) is 5.91 Å². The number of amides is 1. The van der Waals surface area contributed by atoms with E-state index in [0.29, 0.717) is 17.9 Å². The monoisotopic (exact) mass is 363 g/mol. The van der Waals surface area contributed by atoms with Crippen LogP contribution in [0.1, 0.15) is 38.7 Å². The van der Waals surface area contributed by atoms with Crippen molar-refractivity contribution in [2.24, 2.45) is 0 Å². The third-order valence-corrected chi connectivity index (χ3v) is 4.62. The number of nitrogens with zero attached hydrogens (tertiary/aromatic N) is 1. The number of esters is 1. The van der Waals surface area contributed by atoms with E-state index in [1.807, 2.05) is 19.9 Å². The lowest BCUT2D eigenvalue weighted by atomic mass is 10.1. The predicted octanol–water partition coefficient (Wildman–Crippen LogP) is 3.12. The number of carbonyl (C=O) groups is 3. The van der Waals surface area contributed by atoms with Crippen LogP contribution in [0.15, 0.2) is 28.9 Å². The van der Waals surface area contributed by atoms with Gasteiger partial charge in [0.15, 0.2) is 12.4 Å². The second-order valence-corrected chi connectivity index (χ2v) is 7.20. The molecular formula is C18H21NO5S. The molecule has 0 unspecified atom stereocenters. The first kappa shape index (κ1) is 18.9. The molecule has 0 fully saturated rings. The fourth-order valence-corrected chi connectivity index (χ4v) is 3.25. The van der Waals surface area contributed by atoms with Crippen molar-refractivity contribution < 1.29 is 23.5 Å². The van der Waals surface area contributed by atoms with Crippen molar-refractivity contribution in [3.63, 3.8) is 0 Å². The maximum atomic E-state index is 12.1. The molecule has 25 heavy (non-hydrogen) atoms. The summed E-state index contributed by atoms with van der Waals surface area (Å²) >= 11 is 1.56. The summed E-state index contributed by atoms with van der Waals surface area (Å²) in [6.07, 6.45) is 1.57. The minimum absolute atomic E-state index is 0.0393. The highest BCUT2D eigenvalue weighted by Crippen LogP contribution is 2.22. The molecule has 2 rings (SSSR count). The van der Waals surface area contributed by atoms with Crippen LogP contribution < -0.4 is 0 Å². The van der Waals surface area contributed by atoms with E-state index in [9.17, 15) is 14.4 Å². The van der Waals surface area contributed by atoms with Crippen LogP contribution in [0.4, 0.5) is 0 Å². The molecule has 0 bridgehead atoms. The number of hydrogen-bond acceptors (Lipinski definition) is 6. The molecule has 0 N–H and O–H groups in total. The van der Waals surface area contributed by atoms with Crippen molar-refractivity contribution in [1.29, 1.82) is 0 Å². The van der Waals surface area contributed by atoms with Gasteiger partial charge in [0.2, 0.25) is 0 Å². The number of thiophene rings is 1. The van der Waals surface area contributed by atoms with Gasteiger partial charge in [0.05, 0.1) is 19.2 Å². The molecule has 0 spiro atoms. The van der Waals surface area contributed by atoms with E-state index in [1.54, 1.807) is 30.5 Å². The summed E-state index contributed by atoms with van der Waals surface area (Å²) in [7, 11) is 1.60. The lowest BCUT2D eigenvalue weighted by Gasteiger charge is -2.15. The molecule has 0 aliphatic carbocycles. The number of hydrogen-bond donors (Lipinski definition) is 0. The largest absolute Gasteiger partial charge is 0.467 e. The summed E-state index contributed by atoms with van der Waals surface area (Å²) in [4.78, 5) is 39.2. The molecule has 0 saturated carbocycles. The second-order valence-electron chi connectivity index (χ2n) is 5.74. The first-order chi connectivity index (χ1) is 11.9. The molecule has 7 heteroatoms. The molecule has 2 aromatic heterocycles. The van der Waals surface area contributed by atoms with Crippen LogP contribution in [0.3, 0.4) is 0 Å². The quantitative estimate of drug-likeness (QED) is 0.532. The number of likely N-dealkylation sites (N-methyl/N-ethyl adjacent to an activating group) is 1. The summed E-state index contributed by atoms with van der Waals surface area (Å²) < 4.78 is 10.1. The van der Waals surface area contributed by atoms with Crippen LogP contribution in [-0.2, 0) is 20.9 Å². The third kappa shape index (κ3) is 5.56. The standard InChI is InChI=1S/C18H21NO5S/c1-12-9-15(13(2)25-12)16(20)6-7-18(22)24-11-17(21)19(3)10-14-5-4-8-23-14/h4-5,8-9H,6-7,10-11H2,1-3H3. The second kappa shape index (κ2) is 8.62. The van der Waals surface area contributed by atoms with E-state index >= 15 is 0 Å². The first-order valence-corrected chi connectivity index (χ1v) is 8.70. The van der Waals surface area contributed by atoms with E-state index in [4.69, 9.17) is 9.15 Å². The summed E-state index contributed by atoms with van der Waals surface area (Å²) in [6, 6.07) is 5.33. The molecule has 0 aliphatic heterocycles. The maximum absolute atomic E-state index is 12.1. The summed E-state index contributed by atoms with van der Waals surface area (Å²) in [5, 5.41) is 0. The fourth-order valence-electron chi connectivity index (χ4n) is 2.31. The highest BCUT2D eigenvalue weighted by Gasteiger charge is 2.16. The number of ether oxygens (including phenoxy) is 1.